The summed E-state index contributed by atoms with van der Waals surface area (Å²) in [5, 5.41) is 21.7. The fourth-order valence-electron chi connectivity index (χ4n) is 12.0. The van der Waals surface area contributed by atoms with Gasteiger partial charge in [0.15, 0.2) is 0 Å². The third-order valence-corrected chi connectivity index (χ3v) is 16.2. The lowest BCUT2D eigenvalue weighted by atomic mass is 9.61. The summed E-state index contributed by atoms with van der Waals surface area (Å²) in [7, 11) is 0. The predicted molar refractivity (Wildman–Crippen MR) is 305 cm³/mol. The van der Waals surface area contributed by atoms with Crippen LogP contribution in [-0.4, -0.2) is 16.4 Å². The van der Waals surface area contributed by atoms with Crippen molar-refractivity contribution in [1.82, 2.24) is 0 Å². The summed E-state index contributed by atoms with van der Waals surface area (Å²) in [6, 6.07) is 49.1. The van der Waals surface area contributed by atoms with E-state index in [0.717, 1.165) is 108 Å². The van der Waals surface area contributed by atoms with Crippen molar-refractivity contribution in [2.75, 3.05) is 0 Å². The molecule has 4 unspecified atom stereocenters. The minimum atomic E-state index is -4.56. The van der Waals surface area contributed by atoms with Crippen LogP contribution in [0.2, 0.25) is 0 Å². The average molecular weight is 1030 g/mol. The lowest BCUT2D eigenvalue weighted by Gasteiger charge is -2.43. The zero-order chi connectivity index (χ0) is 54.2. The number of halogens is 3. The Labute approximate surface area is 454 Å². The van der Waals surface area contributed by atoms with Gasteiger partial charge in [0.05, 0.1) is 13.2 Å². The Balaban J connectivity index is 1.08. The van der Waals surface area contributed by atoms with E-state index >= 15 is 0 Å². The van der Waals surface area contributed by atoms with Crippen molar-refractivity contribution >= 4 is 10.8 Å². The van der Waals surface area contributed by atoms with Crippen LogP contribution in [0.5, 0.6) is 11.5 Å². The molecule has 1 spiro atoms. The molecule has 7 aromatic rings. The Kier molecular flexibility index (Phi) is 17.1. The number of allylic oxidation sites excluding steroid dienone is 2. The fourth-order valence-corrected chi connectivity index (χ4v) is 12.0. The molecule has 0 aliphatic heterocycles. The first-order valence-electron chi connectivity index (χ1n) is 27.4. The van der Waals surface area contributed by atoms with Crippen molar-refractivity contribution in [1.29, 1.82) is 0 Å². The molecule has 0 bridgehead atoms. The highest BCUT2D eigenvalue weighted by Crippen LogP contribution is 2.54. The lowest BCUT2D eigenvalue weighted by molar-refractivity contribution is -0.0696. The van der Waals surface area contributed by atoms with Gasteiger partial charge in [0.2, 0.25) is 0 Å². The number of aliphatic hydroxyl groups excluding tert-OH is 2. The quantitative estimate of drug-likeness (QED) is 0.0842. The van der Waals surface area contributed by atoms with Crippen LogP contribution in [0.1, 0.15) is 170 Å². The smallest absolute Gasteiger partial charge is 0.458 e. The number of alkyl halides is 3. The summed E-state index contributed by atoms with van der Waals surface area (Å²) in [6.07, 6.45) is 7.09. The van der Waals surface area contributed by atoms with E-state index in [9.17, 15) is 23.4 Å². The summed E-state index contributed by atoms with van der Waals surface area (Å²) in [4.78, 5) is 0. The SMILES string of the molecule is CCC1CC2(CC/C=C(/C(CC(c3ccc(C#CC(F)(F)F)cc3)C(C)(C)C)c3ccc(COc4ccc(CO)cc4)cc3)CCCC2)c2ccc(COc3ccc(CO)cc3)c3c(C#Cc4ccc(C)cc4)ccc1c23. The molecule has 2 aliphatic rings. The number of benzene rings is 7. The van der Waals surface area contributed by atoms with Gasteiger partial charge >= 0.3 is 6.18 Å². The monoisotopic (exact) mass is 1030 g/mol. The normalized spacial score (nSPS) is 18.1. The van der Waals surface area contributed by atoms with Gasteiger partial charge in [-0.1, -0.05) is 160 Å². The highest BCUT2D eigenvalue weighted by molar-refractivity contribution is 5.98. The second kappa shape index (κ2) is 24.1. The van der Waals surface area contributed by atoms with E-state index in [-0.39, 0.29) is 35.9 Å². The van der Waals surface area contributed by atoms with Crippen LogP contribution < -0.4 is 9.47 Å². The van der Waals surface area contributed by atoms with Gasteiger partial charge in [-0.3, -0.25) is 0 Å². The van der Waals surface area contributed by atoms with Crippen LogP contribution in [0, 0.1) is 36.0 Å². The van der Waals surface area contributed by atoms with Gasteiger partial charge in [0.25, 0.3) is 0 Å². The molecule has 0 saturated carbocycles. The molecule has 4 nitrogen and oxygen atoms in total. The molecule has 77 heavy (non-hydrogen) atoms. The maximum absolute atomic E-state index is 13.1. The molecule has 396 valence electrons. The van der Waals surface area contributed by atoms with Crippen LogP contribution in [0.15, 0.2) is 157 Å². The largest absolute Gasteiger partial charge is 0.489 e. The first kappa shape index (κ1) is 54.7. The van der Waals surface area contributed by atoms with Crippen molar-refractivity contribution in [3.8, 4) is 35.2 Å². The van der Waals surface area contributed by atoms with E-state index in [1.807, 2.05) is 60.7 Å². The molecule has 7 aromatic carbocycles. The molecule has 2 aliphatic carbocycles. The Morgan fingerprint density at radius 3 is 1.87 bits per heavy atom. The number of hydrogen-bond donors (Lipinski definition) is 2. The molecule has 7 heteroatoms. The van der Waals surface area contributed by atoms with Gasteiger partial charge in [-0.15, -0.1) is 0 Å². The first-order valence-corrected chi connectivity index (χ1v) is 27.4. The maximum Gasteiger partial charge on any atom is 0.458 e. The van der Waals surface area contributed by atoms with Crippen LogP contribution >= 0.6 is 0 Å². The minimum Gasteiger partial charge on any atom is -0.489 e. The number of aliphatic hydroxyl groups is 2. The van der Waals surface area contributed by atoms with Crippen molar-refractivity contribution in [2.24, 2.45) is 5.41 Å². The van der Waals surface area contributed by atoms with Crippen molar-refractivity contribution in [2.45, 2.75) is 148 Å². The molecule has 0 aromatic heterocycles. The zero-order valence-electron chi connectivity index (χ0n) is 45.2. The molecule has 9 rings (SSSR count). The predicted octanol–water partition coefficient (Wildman–Crippen LogP) is 17.0. The van der Waals surface area contributed by atoms with Gasteiger partial charge in [-0.25, -0.2) is 0 Å². The molecule has 0 saturated heterocycles. The topological polar surface area (TPSA) is 58.9 Å². The van der Waals surface area contributed by atoms with Crippen LogP contribution in [0.4, 0.5) is 13.2 Å². The fraction of sp³-hybridized carbons (Fsp3) is 0.343. The van der Waals surface area contributed by atoms with E-state index in [2.05, 4.69) is 131 Å². The summed E-state index contributed by atoms with van der Waals surface area (Å²) < 4.78 is 52.0. The second-order valence-electron chi connectivity index (χ2n) is 22.5. The summed E-state index contributed by atoms with van der Waals surface area (Å²) in [6.45, 7) is 12.0. The van der Waals surface area contributed by atoms with Gasteiger partial charge in [0, 0.05) is 33.9 Å². The van der Waals surface area contributed by atoms with Crippen LogP contribution in [0.25, 0.3) is 10.8 Å². The van der Waals surface area contributed by atoms with Crippen molar-refractivity contribution in [3.05, 3.63) is 224 Å². The average Bonchev–Trinajstić information content (AvgIpc) is 3.63. The summed E-state index contributed by atoms with van der Waals surface area (Å²) >= 11 is 0. The number of aryl methyl sites for hydroxylation is 1. The number of rotatable bonds is 14. The lowest BCUT2D eigenvalue weighted by Crippen LogP contribution is -2.32. The molecule has 2 N–H and O–H groups in total. The molecule has 0 heterocycles. The van der Waals surface area contributed by atoms with E-state index in [1.54, 1.807) is 12.1 Å². The van der Waals surface area contributed by atoms with E-state index < -0.39 is 6.18 Å². The molecule has 0 radical (unpaired) electrons. The molecular formula is C70H71F3O4. The first-order chi connectivity index (χ1) is 37.1. The zero-order valence-corrected chi connectivity index (χ0v) is 45.2. The maximum atomic E-state index is 13.1. The van der Waals surface area contributed by atoms with Gasteiger partial charge in [-0.05, 0) is 185 Å². The van der Waals surface area contributed by atoms with E-state index in [0.29, 0.717) is 24.7 Å². The Hall–Kier alpha value is -7.03. The van der Waals surface area contributed by atoms with Crippen molar-refractivity contribution < 1.29 is 32.9 Å². The van der Waals surface area contributed by atoms with Gasteiger partial charge < -0.3 is 19.7 Å². The third kappa shape index (κ3) is 13.4. The molecule has 0 fully saturated rings. The van der Waals surface area contributed by atoms with Gasteiger partial charge in [0.1, 0.15) is 24.7 Å². The summed E-state index contributed by atoms with van der Waals surface area (Å²) in [5.74, 6) is 12.9. The highest BCUT2D eigenvalue weighted by atomic mass is 19.4. The van der Waals surface area contributed by atoms with Gasteiger partial charge in [-0.2, -0.15) is 13.2 Å². The third-order valence-electron chi connectivity index (χ3n) is 16.2. The van der Waals surface area contributed by atoms with Crippen LogP contribution in [0.3, 0.4) is 0 Å². The van der Waals surface area contributed by atoms with Crippen LogP contribution in [-0.2, 0) is 31.8 Å². The number of ether oxygens (including phenoxy) is 2. The Morgan fingerprint density at radius 2 is 1.25 bits per heavy atom. The second-order valence-corrected chi connectivity index (χ2v) is 22.5. The number of fused-ring (bicyclic) bond motifs is 1. The van der Waals surface area contributed by atoms with E-state index in [4.69, 9.17) is 9.47 Å². The standard InChI is InChI=1S/C70H71F3O4/c1-6-54-43-69(64-37-31-59(47-77-61-34-23-52(45-75)24-35-61)66-58(30-36-62(54)67(64)66)29-18-49-14-12-48(2)13-15-49)39-8-7-10-55(11-9-40-69)63(56-25-19-53(20-26-56)46-76-60-32-21-51(44-74)22-33-60)42-65(68(3,4)5)57-27-16-50(17-28-57)38-41-70(71,72)73/h11-17,19-28,30-37,54,63,65,74-75H,6-10,39-40,42-47H2,1-5H3/b55-11+. The van der Waals surface area contributed by atoms with E-state index in [1.165, 1.54) is 44.5 Å². The van der Waals surface area contributed by atoms with Crippen molar-refractivity contribution in [3.63, 3.8) is 0 Å². The highest BCUT2D eigenvalue weighted by Gasteiger charge is 2.41. The number of hydrogen-bond acceptors (Lipinski definition) is 4. The Bertz CT molecular complexity index is 3290. The molecular weight excluding hydrogens is 962 g/mol. The summed E-state index contributed by atoms with van der Waals surface area (Å²) in [5.41, 5.74) is 13.7. The molecule has 4 atom stereocenters. The molecule has 0 amide bonds. The Morgan fingerprint density at radius 1 is 0.636 bits per heavy atom. The minimum absolute atomic E-state index is 0.0168.